The molecule has 1 heterocycles. The molecular weight excluding hydrogens is 228 g/mol. The van der Waals surface area contributed by atoms with Crippen LogP contribution in [-0.4, -0.2) is 14.7 Å². The van der Waals surface area contributed by atoms with Crippen LogP contribution in [0.15, 0.2) is 30.7 Å². The molecule has 1 aromatic heterocycles. The molecule has 1 N–H and O–H groups in total. The maximum absolute atomic E-state index is 9.71. The molecular formula is C14H18N2O2. The van der Waals surface area contributed by atoms with Gasteiger partial charge in [-0.25, -0.2) is 4.98 Å². The highest BCUT2D eigenvalue weighted by molar-refractivity contribution is 5.38. The summed E-state index contributed by atoms with van der Waals surface area (Å²) < 4.78 is 7.70. The van der Waals surface area contributed by atoms with Crippen LogP contribution in [0.25, 0.3) is 0 Å². The molecule has 2 aromatic rings. The van der Waals surface area contributed by atoms with Gasteiger partial charge in [0, 0.05) is 12.6 Å². The summed E-state index contributed by atoms with van der Waals surface area (Å²) in [6, 6.07) is 5.82. The van der Waals surface area contributed by atoms with Gasteiger partial charge in [0.25, 0.3) is 0 Å². The third-order valence-electron chi connectivity index (χ3n) is 2.91. The second-order valence-electron chi connectivity index (χ2n) is 4.50. The lowest BCUT2D eigenvalue weighted by Crippen LogP contribution is -2.04. The maximum atomic E-state index is 9.71. The Morgan fingerprint density at radius 2 is 2.22 bits per heavy atom. The van der Waals surface area contributed by atoms with Gasteiger partial charge in [-0.05, 0) is 25.5 Å². The van der Waals surface area contributed by atoms with E-state index in [0.29, 0.717) is 6.61 Å². The average molecular weight is 246 g/mol. The molecule has 0 saturated heterocycles. The van der Waals surface area contributed by atoms with E-state index in [0.717, 1.165) is 22.6 Å². The van der Waals surface area contributed by atoms with Crippen molar-refractivity contribution in [2.24, 2.45) is 7.05 Å². The van der Waals surface area contributed by atoms with E-state index in [-0.39, 0.29) is 0 Å². The Kier molecular flexibility index (Phi) is 3.67. The summed E-state index contributed by atoms with van der Waals surface area (Å²) in [7, 11) is 1.93. The minimum Gasteiger partial charge on any atom is -0.487 e. The van der Waals surface area contributed by atoms with Crippen molar-refractivity contribution >= 4 is 0 Å². The average Bonchev–Trinajstić information content (AvgIpc) is 2.72. The Bertz CT molecular complexity index is 532. The molecule has 2 rings (SSSR count). The van der Waals surface area contributed by atoms with Gasteiger partial charge in [0.15, 0.2) is 0 Å². The van der Waals surface area contributed by atoms with E-state index in [4.69, 9.17) is 4.74 Å². The second kappa shape index (κ2) is 5.23. The molecule has 0 aliphatic rings. The van der Waals surface area contributed by atoms with E-state index in [1.807, 2.05) is 36.7 Å². The molecule has 0 fully saturated rings. The highest BCUT2D eigenvalue weighted by Crippen LogP contribution is 2.26. The first-order valence-corrected chi connectivity index (χ1v) is 5.94. The SMILES string of the molecule is Cc1ccc([C@@H](C)O)c(OCc2cncn2C)c1. The summed E-state index contributed by atoms with van der Waals surface area (Å²) in [5.41, 5.74) is 2.91. The molecule has 1 atom stereocenters. The van der Waals surface area contributed by atoms with Crippen LogP contribution >= 0.6 is 0 Å². The summed E-state index contributed by atoms with van der Waals surface area (Å²) in [6.07, 6.45) is 2.98. The summed E-state index contributed by atoms with van der Waals surface area (Å²) in [4.78, 5) is 4.04. The first-order chi connectivity index (χ1) is 8.58. The fourth-order valence-corrected chi connectivity index (χ4v) is 1.79. The van der Waals surface area contributed by atoms with Gasteiger partial charge < -0.3 is 14.4 Å². The molecule has 18 heavy (non-hydrogen) atoms. The molecule has 0 aliphatic heterocycles. The predicted octanol–water partition coefficient (Wildman–Crippen LogP) is 2.36. The summed E-state index contributed by atoms with van der Waals surface area (Å²) in [6.45, 7) is 4.18. The van der Waals surface area contributed by atoms with Crippen LogP contribution in [0, 0.1) is 6.92 Å². The second-order valence-corrected chi connectivity index (χ2v) is 4.50. The largest absolute Gasteiger partial charge is 0.487 e. The van der Waals surface area contributed by atoms with Gasteiger partial charge in [-0.3, -0.25) is 0 Å². The molecule has 0 bridgehead atoms. The van der Waals surface area contributed by atoms with E-state index in [9.17, 15) is 5.11 Å². The number of aliphatic hydroxyl groups is 1. The highest BCUT2D eigenvalue weighted by atomic mass is 16.5. The lowest BCUT2D eigenvalue weighted by molar-refractivity contribution is 0.189. The maximum Gasteiger partial charge on any atom is 0.130 e. The lowest BCUT2D eigenvalue weighted by atomic mass is 10.1. The van der Waals surface area contributed by atoms with Crippen molar-refractivity contribution in [1.82, 2.24) is 9.55 Å². The molecule has 0 amide bonds. The smallest absolute Gasteiger partial charge is 0.130 e. The van der Waals surface area contributed by atoms with Crippen molar-refractivity contribution in [3.63, 3.8) is 0 Å². The van der Waals surface area contributed by atoms with Crippen LogP contribution in [0.5, 0.6) is 5.75 Å². The van der Waals surface area contributed by atoms with Crippen molar-refractivity contribution in [1.29, 1.82) is 0 Å². The molecule has 96 valence electrons. The Labute approximate surface area is 107 Å². The zero-order valence-electron chi connectivity index (χ0n) is 10.9. The van der Waals surface area contributed by atoms with E-state index in [1.54, 1.807) is 19.4 Å². The lowest BCUT2D eigenvalue weighted by Gasteiger charge is -2.14. The summed E-state index contributed by atoms with van der Waals surface area (Å²) in [5.74, 6) is 0.728. The molecule has 0 spiro atoms. The van der Waals surface area contributed by atoms with Gasteiger partial charge in [-0.2, -0.15) is 0 Å². The van der Waals surface area contributed by atoms with Gasteiger partial charge in [0.05, 0.1) is 24.3 Å². The third kappa shape index (κ3) is 2.71. The van der Waals surface area contributed by atoms with Gasteiger partial charge in [0.2, 0.25) is 0 Å². The van der Waals surface area contributed by atoms with Crippen LogP contribution in [0.3, 0.4) is 0 Å². The van der Waals surface area contributed by atoms with Crippen LogP contribution in [0.4, 0.5) is 0 Å². The number of hydrogen-bond acceptors (Lipinski definition) is 3. The molecule has 0 aliphatic carbocycles. The highest BCUT2D eigenvalue weighted by Gasteiger charge is 2.10. The molecule has 0 radical (unpaired) electrons. The molecule has 4 heteroatoms. The first kappa shape index (κ1) is 12.6. The number of hydrogen-bond donors (Lipinski definition) is 1. The summed E-state index contributed by atoms with van der Waals surface area (Å²) >= 11 is 0. The number of benzene rings is 1. The predicted molar refractivity (Wildman–Crippen MR) is 69.4 cm³/mol. The number of rotatable bonds is 4. The minimum absolute atomic E-state index is 0.444. The zero-order valence-corrected chi connectivity index (χ0v) is 10.9. The Balaban J connectivity index is 2.18. The Morgan fingerprint density at radius 3 is 2.83 bits per heavy atom. The van der Waals surface area contributed by atoms with Crippen LogP contribution in [0.2, 0.25) is 0 Å². The van der Waals surface area contributed by atoms with Gasteiger partial charge in [0.1, 0.15) is 12.4 Å². The van der Waals surface area contributed by atoms with Gasteiger partial charge in [-0.1, -0.05) is 12.1 Å². The number of aromatic nitrogens is 2. The van der Waals surface area contributed by atoms with Crippen molar-refractivity contribution in [2.45, 2.75) is 26.6 Å². The van der Waals surface area contributed by atoms with Crippen LogP contribution < -0.4 is 4.74 Å². The molecule has 1 aromatic carbocycles. The number of aliphatic hydroxyl groups excluding tert-OH is 1. The van der Waals surface area contributed by atoms with E-state index < -0.39 is 6.10 Å². The number of nitrogens with zero attached hydrogens (tertiary/aromatic N) is 2. The van der Waals surface area contributed by atoms with E-state index in [2.05, 4.69) is 4.98 Å². The van der Waals surface area contributed by atoms with Crippen molar-refractivity contribution in [3.05, 3.63) is 47.5 Å². The number of aryl methyl sites for hydroxylation is 2. The topological polar surface area (TPSA) is 47.3 Å². The van der Waals surface area contributed by atoms with Crippen molar-refractivity contribution < 1.29 is 9.84 Å². The first-order valence-electron chi connectivity index (χ1n) is 5.94. The van der Waals surface area contributed by atoms with Gasteiger partial charge in [-0.15, -0.1) is 0 Å². The van der Waals surface area contributed by atoms with Crippen LogP contribution in [0.1, 0.15) is 29.8 Å². The summed E-state index contributed by atoms with van der Waals surface area (Å²) in [5, 5.41) is 9.71. The molecule has 0 unspecified atom stereocenters. The number of ether oxygens (including phenoxy) is 1. The van der Waals surface area contributed by atoms with Crippen LogP contribution in [-0.2, 0) is 13.7 Å². The monoisotopic (exact) mass is 246 g/mol. The quantitative estimate of drug-likeness (QED) is 0.900. The fraction of sp³-hybridized carbons (Fsp3) is 0.357. The Morgan fingerprint density at radius 1 is 1.44 bits per heavy atom. The number of imidazole rings is 1. The van der Waals surface area contributed by atoms with E-state index in [1.165, 1.54) is 0 Å². The zero-order chi connectivity index (χ0) is 13.1. The minimum atomic E-state index is -0.535. The normalized spacial score (nSPS) is 12.4. The van der Waals surface area contributed by atoms with Crippen molar-refractivity contribution in [3.8, 4) is 5.75 Å². The fourth-order valence-electron chi connectivity index (χ4n) is 1.79. The van der Waals surface area contributed by atoms with Gasteiger partial charge >= 0.3 is 0 Å². The molecule has 4 nitrogen and oxygen atoms in total. The Hall–Kier alpha value is -1.81. The van der Waals surface area contributed by atoms with Crippen molar-refractivity contribution in [2.75, 3.05) is 0 Å². The standard InChI is InChI=1S/C14H18N2O2/c1-10-4-5-13(11(2)17)14(6-10)18-8-12-7-15-9-16(12)3/h4-7,9,11,17H,8H2,1-3H3/t11-/m1/s1. The third-order valence-corrected chi connectivity index (χ3v) is 2.91. The van der Waals surface area contributed by atoms with E-state index >= 15 is 0 Å². The molecule has 0 saturated carbocycles.